The molecule has 2 heterocycles. The van der Waals surface area contributed by atoms with E-state index in [9.17, 15) is 13.2 Å². The molecule has 1 amide bonds. The average Bonchev–Trinajstić information content (AvgIpc) is 3.17. The van der Waals surface area contributed by atoms with Crippen molar-refractivity contribution in [3.05, 3.63) is 59.9 Å². The fraction of sp³-hybridized carbons (Fsp3) is 0.417. The van der Waals surface area contributed by atoms with E-state index in [1.807, 2.05) is 29.8 Å². The molecule has 1 aromatic heterocycles. The van der Waals surface area contributed by atoms with Gasteiger partial charge in [-0.05, 0) is 29.7 Å². The highest BCUT2D eigenvalue weighted by Gasteiger charge is 2.27. The standard InChI is InChI=1S/C24H30N4O4S/c1-18(19-6-4-3-5-7-19)17-25-24(29)11-10-23-26-21-16-20(8-9-22(21)27(23)2)33(30,31)28-12-14-32-15-13-28/h3-9,16,18H,10-15,17H2,1-2H3,(H,25,29). The van der Waals surface area contributed by atoms with Gasteiger partial charge in [0.25, 0.3) is 0 Å². The molecule has 8 nitrogen and oxygen atoms in total. The number of hydrogen-bond acceptors (Lipinski definition) is 5. The van der Waals surface area contributed by atoms with Gasteiger partial charge in [-0.2, -0.15) is 4.31 Å². The van der Waals surface area contributed by atoms with E-state index in [0.29, 0.717) is 51.2 Å². The molecule has 1 fully saturated rings. The summed E-state index contributed by atoms with van der Waals surface area (Å²) in [6, 6.07) is 15.1. The number of fused-ring (bicyclic) bond motifs is 1. The third kappa shape index (κ3) is 5.26. The van der Waals surface area contributed by atoms with Gasteiger partial charge in [0.15, 0.2) is 0 Å². The molecule has 0 radical (unpaired) electrons. The molecule has 1 aliphatic rings. The molecule has 1 saturated heterocycles. The predicted molar refractivity (Wildman–Crippen MR) is 126 cm³/mol. The summed E-state index contributed by atoms with van der Waals surface area (Å²) < 4.78 is 34.5. The van der Waals surface area contributed by atoms with Crippen LogP contribution >= 0.6 is 0 Å². The van der Waals surface area contributed by atoms with E-state index in [0.717, 1.165) is 11.3 Å². The lowest BCUT2D eigenvalue weighted by molar-refractivity contribution is -0.121. The normalized spacial score (nSPS) is 16.1. The maximum absolute atomic E-state index is 12.9. The summed E-state index contributed by atoms with van der Waals surface area (Å²) >= 11 is 0. The summed E-state index contributed by atoms with van der Waals surface area (Å²) in [5.74, 6) is 0.954. The molecule has 0 spiro atoms. The van der Waals surface area contributed by atoms with Crippen molar-refractivity contribution < 1.29 is 17.9 Å². The summed E-state index contributed by atoms with van der Waals surface area (Å²) in [7, 11) is -1.70. The Labute approximate surface area is 194 Å². The predicted octanol–water partition coefficient (Wildman–Crippen LogP) is 2.45. The minimum atomic E-state index is -3.58. The lowest BCUT2D eigenvalue weighted by Gasteiger charge is -2.26. The summed E-state index contributed by atoms with van der Waals surface area (Å²) in [5, 5.41) is 3.00. The number of ether oxygens (including phenoxy) is 1. The van der Waals surface area contributed by atoms with Crippen LogP contribution in [0.4, 0.5) is 0 Å². The van der Waals surface area contributed by atoms with E-state index in [1.54, 1.807) is 18.2 Å². The van der Waals surface area contributed by atoms with Crippen molar-refractivity contribution in [1.82, 2.24) is 19.2 Å². The Balaban J connectivity index is 1.40. The number of nitrogens with one attached hydrogen (secondary N) is 1. The molecule has 1 N–H and O–H groups in total. The number of imidazole rings is 1. The number of carbonyl (C=O) groups is 1. The molecule has 3 aromatic rings. The second-order valence-electron chi connectivity index (χ2n) is 8.37. The number of aryl methyl sites for hydroxylation is 2. The van der Waals surface area contributed by atoms with Gasteiger partial charge in [-0.25, -0.2) is 13.4 Å². The first-order chi connectivity index (χ1) is 15.9. The molecule has 4 rings (SSSR count). The van der Waals surface area contributed by atoms with E-state index in [1.165, 1.54) is 9.87 Å². The molecule has 0 saturated carbocycles. The van der Waals surface area contributed by atoms with Crippen LogP contribution in [0.5, 0.6) is 0 Å². The Hall–Kier alpha value is -2.75. The third-order valence-electron chi connectivity index (χ3n) is 6.10. The first kappa shape index (κ1) is 23.4. The zero-order chi connectivity index (χ0) is 23.4. The number of morpholine rings is 1. The smallest absolute Gasteiger partial charge is 0.243 e. The van der Waals surface area contributed by atoms with Crippen LogP contribution in [-0.2, 0) is 33.0 Å². The topological polar surface area (TPSA) is 93.5 Å². The second kappa shape index (κ2) is 10.0. The molecular weight excluding hydrogens is 440 g/mol. The molecule has 0 bridgehead atoms. The summed E-state index contributed by atoms with van der Waals surface area (Å²) in [5.41, 5.74) is 2.64. The highest BCUT2D eigenvalue weighted by Crippen LogP contribution is 2.23. The van der Waals surface area contributed by atoms with Crippen molar-refractivity contribution in [2.45, 2.75) is 30.6 Å². The van der Waals surface area contributed by atoms with Crippen LogP contribution in [0.2, 0.25) is 0 Å². The van der Waals surface area contributed by atoms with Gasteiger partial charge in [-0.1, -0.05) is 37.3 Å². The zero-order valence-corrected chi connectivity index (χ0v) is 19.8. The van der Waals surface area contributed by atoms with E-state index < -0.39 is 10.0 Å². The minimum absolute atomic E-state index is 0.0274. The summed E-state index contributed by atoms with van der Waals surface area (Å²) in [6.07, 6.45) is 0.792. The van der Waals surface area contributed by atoms with Gasteiger partial charge in [0, 0.05) is 39.5 Å². The van der Waals surface area contributed by atoms with Crippen molar-refractivity contribution in [3.63, 3.8) is 0 Å². The number of amides is 1. The maximum Gasteiger partial charge on any atom is 0.243 e. The second-order valence-corrected chi connectivity index (χ2v) is 10.3. The highest BCUT2D eigenvalue weighted by molar-refractivity contribution is 7.89. The van der Waals surface area contributed by atoms with Crippen LogP contribution in [-0.4, -0.2) is 61.0 Å². The number of hydrogen-bond donors (Lipinski definition) is 1. The fourth-order valence-electron chi connectivity index (χ4n) is 4.03. The van der Waals surface area contributed by atoms with E-state index in [4.69, 9.17) is 4.74 Å². The average molecular weight is 471 g/mol. The minimum Gasteiger partial charge on any atom is -0.379 e. The van der Waals surface area contributed by atoms with E-state index in [-0.39, 0.29) is 16.7 Å². The van der Waals surface area contributed by atoms with Gasteiger partial charge in [0.05, 0.1) is 29.1 Å². The number of sulfonamides is 1. The van der Waals surface area contributed by atoms with Crippen LogP contribution in [0.15, 0.2) is 53.4 Å². The number of rotatable bonds is 8. The SMILES string of the molecule is CC(CNC(=O)CCc1nc2cc(S(=O)(=O)N3CCOCC3)ccc2n1C)c1ccccc1. The van der Waals surface area contributed by atoms with Gasteiger partial charge in [-0.15, -0.1) is 0 Å². The summed E-state index contributed by atoms with van der Waals surface area (Å²) in [6.45, 7) is 4.18. The lowest BCUT2D eigenvalue weighted by Crippen LogP contribution is -2.40. The molecule has 9 heteroatoms. The monoisotopic (exact) mass is 470 g/mol. The molecule has 1 unspecified atom stereocenters. The van der Waals surface area contributed by atoms with E-state index >= 15 is 0 Å². The van der Waals surface area contributed by atoms with Crippen molar-refractivity contribution >= 4 is 27.0 Å². The number of benzene rings is 2. The number of aromatic nitrogens is 2. The van der Waals surface area contributed by atoms with Crippen molar-refractivity contribution in [3.8, 4) is 0 Å². The fourth-order valence-corrected chi connectivity index (χ4v) is 5.46. The summed E-state index contributed by atoms with van der Waals surface area (Å²) in [4.78, 5) is 17.2. The van der Waals surface area contributed by atoms with Gasteiger partial charge >= 0.3 is 0 Å². The molecule has 1 atom stereocenters. The third-order valence-corrected chi connectivity index (χ3v) is 8.00. The Morgan fingerprint density at radius 3 is 2.61 bits per heavy atom. The highest BCUT2D eigenvalue weighted by atomic mass is 32.2. The largest absolute Gasteiger partial charge is 0.379 e. The van der Waals surface area contributed by atoms with Gasteiger partial charge < -0.3 is 14.6 Å². The Bertz CT molecular complexity index is 1220. The van der Waals surface area contributed by atoms with Crippen LogP contribution in [0, 0.1) is 0 Å². The van der Waals surface area contributed by atoms with Gasteiger partial charge in [-0.3, -0.25) is 4.79 Å². The molecule has 33 heavy (non-hydrogen) atoms. The van der Waals surface area contributed by atoms with Gasteiger partial charge in [0.2, 0.25) is 15.9 Å². The quantitative estimate of drug-likeness (QED) is 0.546. The molecule has 176 valence electrons. The zero-order valence-electron chi connectivity index (χ0n) is 19.0. The Kier molecular flexibility index (Phi) is 7.11. The molecule has 2 aromatic carbocycles. The Morgan fingerprint density at radius 2 is 1.88 bits per heavy atom. The molecular formula is C24H30N4O4S. The molecule has 0 aliphatic carbocycles. The van der Waals surface area contributed by atoms with E-state index in [2.05, 4.69) is 29.4 Å². The molecule has 1 aliphatic heterocycles. The maximum atomic E-state index is 12.9. The van der Waals surface area contributed by atoms with Crippen molar-refractivity contribution in [2.24, 2.45) is 7.05 Å². The van der Waals surface area contributed by atoms with Gasteiger partial charge in [0.1, 0.15) is 5.82 Å². The lowest BCUT2D eigenvalue weighted by atomic mass is 10.0. The van der Waals surface area contributed by atoms with Crippen molar-refractivity contribution in [2.75, 3.05) is 32.8 Å². The van der Waals surface area contributed by atoms with Crippen LogP contribution in [0.25, 0.3) is 11.0 Å². The first-order valence-electron chi connectivity index (χ1n) is 11.2. The van der Waals surface area contributed by atoms with Crippen molar-refractivity contribution in [1.29, 1.82) is 0 Å². The number of carbonyl (C=O) groups excluding carboxylic acids is 1. The number of nitrogens with zero attached hydrogens (tertiary/aromatic N) is 3. The first-order valence-corrected chi connectivity index (χ1v) is 12.6. The Morgan fingerprint density at radius 1 is 1.15 bits per heavy atom. The van der Waals surface area contributed by atoms with Crippen LogP contribution in [0.1, 0.15) is 30.7 Å². The van der Waals surface area contributed by atoms with Crippen LogP contribution < -0.4 is 5.32 Å². The van der Waals surface area contributed by atoms with Crippen LogP contribution in [0.3, 0.4) is 0 Å².